The van der Waals surface area contributed by atoms with Crippen LogP contribution in [-0.4, -0.2) is 45.1 Å². The highest BCUT2D eigenvalue weighted by Crippen LogP contribution is 2.28. The minimum absolute atomic E-state index is 0.0281. The number of hydrogen-bond donors (Lipinski definition) is 1. The Hall–Kier alpha value is -3.13. The lowest BCUT2D eigenvalue weighted by Crippen LogP contribution is -2.39. The molecule has 0 bridgehead atoms. The molecular weight excluding hydrogens is 420 g/mol. The Balaban J connectivity index is 1.36. The summed E-state index contributed by atoms with van der Waals surface area (Å²) >= 11 is 0. The molecule has 1 aromatic heterocycles. The quantitative estimate of drug-likeness (QED) is 0.396. The predicted octanol–water partition coefficient (Wildman–Crippen LogP) is 4.68. The van der Waals surface area contributed by atoms with Gasteiger partial charge >= 0.3 is 5.69 Å². The third-order valence-corrected chi connectivity index (χ3v) is 6.68. The van der Waals surface area contributed by atoms with Gasteiger partial charge in [0.1, 0.15) is 11.9 Å². The third kappa shape index (κ3) is 5.11. The van der Waals surface area contributed by atoms with E-state index < -0.39 is 0 Å². The number of benzene rings is 2. The van der Waals surface area contributed by atoms with E-state index >= 15 is 0 Å². The highest BCUT2D eigenvalue weighted by atomic mass is 16.6. The molecular formula is C25H32N4O4. The fourth-order valence-electron chi connectivity index (χ4n) is 4.67. The van der Waals surface area contributed by atoms with Crippen LogP contribution in [0.5, 0.6) is 5.75 Å². The number of likely N-dealkylation sites (tertiary alicyclic amines) is 1. The summed E-state index contributed by atoms with van der Waals surface area (Å²) in [6.45, 7) is 8.90. The summed E-state index contributed by atoms with van der Waals surface area (Å²) in [6.07, 6.45) is 2.68. The van der Waals surface area contributed by atoms with Gasteiger partial charge in [0.25, 0.3) is 5.69 Å². The van der Waals surface area contributed by atoms with E-state index in [0.29, 0.717) is 5.75 Å². The number of ether oxygens (including phenoxy) is 1. The molecule has 1 saturated heterocycles. The second-order valence-electron chi connectivity index (χ2n) is 9.29. The molecule has 8 heteroatoms. The number of fused-ring (bicyclic) bond motifs is 1. The van der Waals surface area contributed by atoms with Gasteiger partial charge in [0.05, 0.1) is 22.0 Å². The molecule has 1 fully saturated rings. The van der Waals surface area contributed by atoms with E-state index in [1.807, 2.05) is 35.8 Å². The molecule has 0 amide bonds. The van der Waals surface area contributed by atoms with Crippen molar-refractivity contribution >= 4 is 16.7 Å². The van der Waals surface area contributed by atoms with E-state index in [-0.39, 0.29) is 34.4 Å². The van der Waals surface area contributed by atoms with Crippen molar-refractivity contribution in [3.63, 3.8) is 0 Å². The Kier molecular flexibility index (Phi) is 6.83. The standard InChI is InChI=1S/C25H32N4O4/c1-17(2)23(33-24-16-20(29(31)32)9-8-18(24)3)12-15-27-13-10-19(11-14-27)28-22-7-5-4-6-21(22)26-25(28)30/h4-9,16-17,19,23H,10-15H2,1-3H3,(H,26,30). The average Bonchev–Trinajstić information content (AvgIpc) is 3.13. The van der Waals surface area contributed by atoms with Crippen molar-refractivity contribution in [2.24, 2.45) is 5.92 Å². The first-order valence-corrected chi connectivity index (χ1v) is 11.7. The SMILES string of the molecule is Cc1ccc([N+](=O)[O-])cc1OC(CCN1CCC(n2c(=O)[nH]c3ccccc32)CC1)C(C)C. The number of para-hydroxylation sites is 2. The zero-order chi connectivity index (χ0) is 23.5. The van der Waals surface area contributed by atoms with Crippen LogP contribution in [0.2, 0.25) is 0 Å². The predicted molar refractivity (Wildman–Crippen MR) is 129 cm³/mol. The van der Waals surface area contributed by atoms with Crippen LogP contribution in [0.1, 0.15) is 44.7 Å². The summed E-state index contributed by atoms with van der Waals surface area (Å²) in [6, 6.07) is 12.8. The van der Waals surface area contributed by atoms with Crippen molar-refractivity contribution in [2.45, 2.75) is 52.2 Å². The molecule has 1 N–H and O–H groups in total. The number of aryl methyl sites for hydroxylation is 1. The van der Waals surface area contributed by atoms with Crippen LogP contribution in [-0.2, 0) is 0 Å². The van der Waals surface area contributed by atoms with Crippen LogP contribution in [0.15, 0.2) is 47.3 Å². The number of piperidine rings is 1. The second-order valence-corrected chi connectivity index (χ2v) is 9.29. The van der Waals surface area contributed by atoms with Gasteiger partial charge in [-0.25, -0.2) is 4.79 Å². The van der Waals surface area contributed by atoms with E-state index in [1.54, 1.807) is 6.07 Å². The molecule has 33 heavy (non-hydrogen) atoms. The largest absolute Gasteiger partial charge is 0.490 e. The molecule has 0 aliphatic carbocycles. The number of rotatable bonds is 8. The molecule has 1 unspecified atom stereocenters. The maximum absolute atomic E-state index is 12.5. The van der Waals surface area contributed by atoms with E-state index in [2.05, 4.69) is 23.7 Å². The molecule has 176 valence electrons. The van der Waals surface area contributed by atoms with Crippen LogP contribution in [0.3, 0.4) is 0 Å². The summed E-state index contributed by atoms with van der Waals surface area (Å²) < 4.78 is 8.17. The topological polar surface area (TPSA) is 93.4 Å². The monoisotopic (exact) mass is 452 g/mol. The average molecular weight is 453 g/mol. The van der Waals surface area contributed by atoms with Crippen LogP contribution < -0.4 is 10.4 Å². The maximum Gasteiger partial charge on any atom is 0.326 e. The molecule has 0 spiro atoms. The van der Waals surface area contributed by atoms with Gasteiger partial charge in [-0.15, -0.1) is 0 Å². The van der Waals surface area contributed by atoms with Gasteiger partial charge in [0.2, 0.25) is 0 Å². The Morgan fingerprint density at radius 3 is 2.61 bits per heavy atom. The minimum atomic E-state index is -0.389. The zero-order valence-electron chi connectivity index (χ0n) is 19.5. The number of aromatic nitrogens is 2. The number of nitro groups is 1. The number of hydrogen-bond acceptors (Lipinski definition) is 5. The first-order chi connectivity index (χ1) is 15.8. The summed E-state index contributed by atoms with van der Waals surface area (Å²) in [5.41, 5.74) is 2.78. The molecule has 1 aliphatic rings. The first kappa shape index (κ1) is 23.0. The van der Waals surface area contributed by atoms with Crippen LogP contribution in [0, 0.1) is 23.0 Å². The van der Waals surface area contributed by atoms with Gasteiger partial charge in [-0.3, -0.25) is 14.7 Å². The summed E-state index contributed by atoms with van der Waals surface area (Å²) in [7, 11) is 0. The Labute approximate surface area is 193 Å². The molecule has 0 radical (unpaired) electrons. The molecule has 8 nitrogen and oxygen atoms in total. The Morgan fingerprint density at radius 2 is 1.91 bits per heavy atom. The van der Waals surface area contributed by atoms with Crippen molar-refractivity contribution in [1.29, 1.82) is 0 Å². The van der Waals surface area contributed by atoms with Crippen molar-refractivity contribution < 1.29 is 9.66 Å². The van der Waals surface area contributed by atoms with Gasteiger partial charge in [0, 0.05) is 31.7 Å². The molecule has 1 aliphatic heterocycles. The summed E-state index contributed by atoms with van der Waals surface area (Å²) in [5.74, 6) is 0.867. The lowest BCUT2D eigenvalue weighted by Gasteiger charge is -2.34. The van der Waals surface area contributed by atoms with Gasteiger partial charge in [-0.05, 0) is 55.9 Å². The van der Waals surface area contributed by atoms with Gasteiger partial charge in [0.15, 0.2) is 0 Å². The lowest BCUT2D eigenvalue weighted by molar-refractivity contribution is -0.385. The van der Waals surface area contributed by atoms with Gasteiger partial charge in [-0.1, -0.05) is 26.0 Å². The summed E-state index contributed by atoms with van der Waals surface area (Å²) in [4.78, 5) is 28.7. The fourth-order valence-corrected chi connectivity index (χ4v) is 4.67. The van der Waals surface area contributed by atoms with Crippen molar-refractivity contribution in [1.82, 2.24) is 14.5 Å². The Bertz CT molecular complexity index is 1170. The number of non-ortho nitro benzene ring substituents is 1. The number of aromatic amines is 1. The number of nitro benzene ring substituents is 1. The van der Waals surface area contributed by atoms with Crippen LogP contribution >= 0.6 is 0 Å². The molecule has 0 saturated carbocycles. The third-order valence-electron chi connectivity index (χ3n) is 6.68. The zero-order valence-corrected chi connectivity index (χ0v) is 19.5. The van der Waals surface area contributed by atoms with Crippen molar-refractivity contribution in [3.8, 4) is 5.75 Å². The van der Waals surface area contributed by atoms with E-state index in [1.165, 1.54) is 12.1 Å². The number of nitrogens with one attached hydrogen (secondary N) is 1. The van der Waals surface area contributed by atoms with Gasteiger partial charge in [-0.2, -0.15) is 0 Å². The van der Waals surface area contributed by atoms with Crippen LogP contribution in [0.25, 0.3) is 11.0 Å². The van der Waals surface area contributed by atoms with Crippen molar-refractivity contribution in [3.05, 3.63) is 68.6 Å². The first-order valence-electron chi connectivity index (χ1n) is 11.7. The van der Waals surface area contributed by atoms with E-state index in [4.69, 9.17) is 4.74 Å². The molecule has 1 atom stereocenters. The number of nitrogens with zero attached hydrogens (tertiary/aromatic N) is 3. The molecule has 3 aromatic rings. The molecule has 2 heterocycles. The van der Waals surface area contributed by atoms with Crippen LogP contribution in [0.4, 0.5) is 5.69 Å². The second kappa shape index (κ2) is 9.79. The smallest absolute Gasteiger partial charge is 0.326 e. The van der Waals surface area contributed by atoms with E-state index in [0.717, 1.165) is 55.5 Å². The number of H-pyrrole nitrogens is 1. The highest BCUT2D eigenvalue weighted by Gasteiger charge is 2.25. The minimum Gasteiger partial charge on any atom is -0.490 e. The fraction of sp³-hybridized carbons (Fsp3) is 0.480. The normalized spacial score (nSPS) is 16.4. The van der Waals surface area contributed by atoms with Crippen molar-refractivity contribution in [2.75, 3.05) is 19.6 Å². The highest BCUT2D eigenvalue weighted by molar-refractivity contribution is 5.75. The Morgan fingerprint density at radius 1 is 1.18 bits per heavy atom. The van der Waals surface area contributed by atoms with Gasteiger partial charge < -0.3 is 14.6 Å². The number of imidazole rings is 1. The molecule has 4 rings (SSSR count). The molecule has 2 aromatic carbocycles. The maximum atomic E-state index is 12.5. The summed E-state index contributed by atoms with van der Waals surface area (Å²) in [5, 5.41) is 11.1. The van der Waals surface area contributed by atoms with E-state index in [9.17, 15) is 14.9 Å². The lowest BCUT2D eigenvalue weighted by atomic mass is 10.0.